The quantitative estimate of drug-likeness (QED) is 0.295. The third kappa shape index (κ3) is 2.74. The summed E-state index contributed by atoms with van der Waals surface area (Å²) in [5.41, 5.74) is -0.312. The van der Waals surface area contributed by atoms with Crippen molar-refractivity contribution in [3.63, 3.8) is 0 Å². The zero-order chi connectivity index (χ0) is 9.72. The van der Waals surface area contributed by atoms with Crippen LogP contribution in [0.5, 0.6) is 0 Å². The highest BCUT2D eigenvalue weighted by atomic mass is 16.5. The largest absolute Gasteiger partial charge is 0.503 e. The molecule has 0 aliphatic heterocycles. The van der Waals surface area contributed by atoms with Crippen LogP contribution in [-0.2, 0) is 14.3 Å². The minimum Gasteiger partial charge on any atom is -0.503 e. The van der Waals surface area contributed by atoms with E-state index in [9.17, 15) is 9.59 Å². The van der Waals surface area contributed by atoms with Crippen LogP contribution in [0.3, 0.4) is 0 Å². The first-order valence-corrected chi connectivity index (χ1v) is 3.51. The lowest BCUT2D eigenvalue weighted by atomic mass is 10.0. The second-order valence-corrected chi connectivity index (χ2v) is 2.59. The van der Waals surface area contributed by atoms with Crippen LogP contribution in [0.4, 0.5) is 0 Å². The highest BCUT2D eigenvalue weighted by Crippen LogP contribution is 2.05. The van der Waals surface area contributed by atoms with E-state index in [1.54, 1.807) is 13.8 Å². The number of ether oxygens (including phenoxy) is 1. The molecule has 0 bridgehead atoms. The van der Waals surface area contributed by atoms with Crippen molar-refractivity contribution >= 4 is 11.8 Å². The lowest BCUT2D eigenvalue weighted by Crippen LogP contribution is -2.17. The summed E-state index contributed by atoms with van der Waals surface area (Å²) in [4.78, 5) is 21.6. The van der Waals surface area contributed by atoms with E-state index < -0.39 is 11.8 Å². The minimum atomic E-state index is -1.25. The van der Waals surface area contributed by atoms with Crippen molar-refractivity contribution in [2.24, 2.45) is 5.92 Å². The molecule has 0 heterocycles. The van der Waals surface area contributed by atoms with E-state index in [0.29, 0.717) is 0 Å². The van der Waals surface area contributed by atoms with Gasteiger partial charge >= 0.3 is 5.97 Å². The second kappa shape index (κ2) is 4.54. The van der Waals surface area contributed by atoms with E-state index in [1.807, 2.05) is 0 Å². The van der Waals surface area contributed by atoms with Gasteiger partial charge in [0.2, 0.25) is 0 Å². The van der Waals surface area contributed by atoms with Crippen molar-refractivity contribution in [3.8, 4) is 0 Å². The van der Waals surface area contributed by atoms with Crippen molar-refractivity contribution in [2.75, 3.05) is 7.11 Å². The van der Waals surface area contributed by atoms with Crippen LogP contribution in [0.2, 0.25) is 0 Å². The Morgan fingerprint density at radius 1 is 1.42 bits per heavy atom. The summed E-state index contributed by atoms with van der Waals surface area (Å²) in [6.45, 7) is 3.27. The summed E-state index contributed by atoms with van der Waals surface area (Å²) < 4.78 is 4.47. The van der Waals surface area contributed by atoms with Gasteiger partial charge in [0.05, 0.1) is 7.11 Å². The number of hydrogen-bond donors (Lipinski definition) is 1. The van der Waals surface area contributed by atoms with Gasteiger partial charge in [-0.3, -0.25) is 4.79 Å². The van der Waals surface area contributed by atoms with Crippen LogP contribution in [0, 0.1) is 5.92 Å². The maximum Gasteiger partial charge on any atom is 0.342 e. The average Bonchev–Trinajstić information content (AvgIpc) is 1.98. The number of aliphatic carboxylic acids is 1. The van der Waals surface area contributed by atoms with E-state index in [-0.39, 0.29) is 11.5 Å². The van der Waals surface area contributed by atoms with Crippen LogP contribution >= 0.6 is 0 Å². The minimum absolute atomic E-state index is 0.312. The molecule has 0 atom stereocenters. The molecule has 68 valence electrons. The van der Waals surface area contributed by atoms with E-state index in [4.69, 9.17) is 5.11 Å². The van der Waals surface area contributed by atoms with Gasteiger partial charge in [-0.2, -0.15) is 0 Å². The van der Waals surface area contributed by atoms with Gasteiger partial charge in [0.15, 0.2) is 5.78 Å². The Balaban J connectivity index is 4.65. The first-order valence-electron chi connectivity index (χ1n) is 3.51. The fourth-order valence-corrected chi connectivity index (χ4v) is 0.643. The number of carboxylic acid groups (broad SMARTS) is 1. The molecule has 0 rings (SSSR count). The molecule has 0 spiro atoms. The Hall–Kier alpha value is -1.32. The third-order valence-electron chi connectivity index (χ3n) is 1.26. The number of methoxy groups -OCH3 is 1. The first-order chi connectivity index (χ1) is 5.50. The highest BCUT2D eigenvalue weighted by Gasteiger charge is 2.20. The smallest absolute Gasteiger partial charge is 0.342 e. The molecule has 4 nitrogen and oxygen atoms in total. The Labute approximate surface area is 70.8 Å². The summed E-state index contributed by atoms with van der Waals surface area (Å²) in [5.74, 6) is -2.01. The number of carbonyl (C=O) groups is 2. The molecule has 0 aliphatic carbocycles. The number of carboxylic acids is 1. The molecular formula is C8H12O4. The van der Waals surface area contributed by atoms with E-state index >= 15 is 0 Å². The summed E-state index contributed by atoms with van der Waals surface area (Å²) in [7, 11) is 1.30. The fourth-order valence-electron chi connectivity index (χ4n) is 0.643. The molecule has 0 aromatic heterocycles. The first kappa shape index (κ1) is 10.7. The van der Waals surface area contributed by atoms with Crippen molar-refractivity contribution in [3.05, 3.63) is 11.8 Å². The summed E-state index contributed by atoms with van der Waals surface area (Å²) in [5, 5.41) is 8.55. The molecule has 4 heteroatoms. The molecule has 0 radical (unpaired) electrons. The predicted molar refractivity (Wildman–Crippen MR) is 42.6 cm³/mol. The Bertz CT molecular complexity index is 215. The molecular weight excluding hydrogens is 160 g/mol. The summed E-state index contributed by atoms with van der Waals surface area (Å²) >= 11 is 0. The van der Waals surface area contributed by atoms with Crippen LogP contribution < -0.4 is 0 Å². The number of ketones is 1. The maximum atomic E-state index is 11.1. The van der Waals surface area contributed by atoms with Crippen LogP contribution in [0.15, 0.2) is 11.8 Å². The lowest BCUT2D eigenvalue weighted by Gasteiger charge is -2.03. The molecule has 0 amide bonds. The molecule has 0 aromatic carbocycles. The van der Waals surface area contributed by atoms with Crippen molar-refractivity contribution in [1.82, 2.24) is 0 Å². The normalized spacial score (nSPS) is 11.5. The van der Waals surface area contributed by atoms with E-state index in [0.717, 1.165) is 6.26 Å². The van der Waals surface area contributed by atoms with E-state index in [1.165, 1.54) is 7.11 Å². The zero-order valence-electron chi connectivity index (χ0n) is 7.33. The third-order valence-corrected chi connectivity index (χ3v) is 1.26. The standard InChI is InChI=1S/C8H12O4/c1-5(2)7(9)6(4-12-3)8(10)11/h4-5H,1-3H3,(H,10,11). The van der Waals surface area contributed by atoms with Crippen LogP contribution in [0.1, 0.15) is 13.8 Å². The molecule has 0 fully saturated rings. The van der Waals surface area contributed by atoms with Crippen LogP contribution in [0.25, 0.3) is 0 Å². The van der Waals surface area contributed by atoms with Gasteiger partial charge in [-0.05, 0) is 0 Å². The Kier molecular flexibility index (Phi) is 4.04. The SMILES string of the molecule is COC=C(C(=O)O)C(=O)C(C)C. The van der Waals surface area contributed by atoms with Gasteiger partial charge in [0.25, 0.3) is 0 Å². The van der Waals surface area contributed by atoms with Crippen LogP contribution in [-0.4, -0.2) is 24.0 Å². The van der Waals surface area contributed by atoms with Crippen molar-refractivity contribution < 1.29 is 19.4 Å². The number of carbonyl (C=O) groups excluding carboxylic acids is 1. The summed E-state index contributed by atoms with van der Waals surface area (Å²) in [6.07, 6.45) is 0.949. The molecule has 0 unspecified atom stereocenters. The van der Waals surface area contributed by atoms with Gasteiger partial charge < -0.3 is 9.84 Å². The Morgan fingerprint density at radius 3 is 2.17 bits per heavy atom. The number of Topliss-reactive ketones (excluding diaryl/α,β-unsaturated/α-hetero) is 1. The molecule has 12 heavy (non-hydrogen) atoms. The van der Waals surface area contributed by atoms with Crippen molar-refractivity contribution in [2.45, 2.75) is 13.8 Å². The fraction of sp³-hybridized carbons (Fsp3) is 0.500. The van der Waals surface area contributed by atoms with Gasteiger partial charge in [-0.15, -0.1) is 0 Å². The highest BCUT2D eigenvalue weighted by molar-refractivity contribution is 6.16. The lowest BCUT2D eigenvalue weighted by molar-refractivity contribution is -0.135. The molecule has 0 saturated carbocycles. The van der Waals surface area contributed by atoms with Gasteiger partial charge in [0.1, 0.15) is 11.8 Å². The molecule has 0 aromatic rings. The van der Waals surface area contributed by atoms with Gasteiger partial charge in [-0.25, -0.2) is 4.79 Å². The van der Waals surface area contributed by atoms with E-state index in [2.05, 4.69) is 4.74 Å². The number of hydrogen-bond acceptors (Lipinski definition) is 3. The molecule has 0 saturated heterocycles. The van der Waals surface area contributed by atoms with Crippen molar-refractivity contribution in [1.29, 1.82) is 0 Å². The summed E-state index contributed by atoms with van der Waals surface area (Å²) in [6, 6.07) is 0. The zero-order valence-corrected chi connectivity index (χ0v) is 7.33. The molecule has 0 aliphatic rings. The topological polar surface area (TPSA) is 63.6 Å². The predicted octanol–water partition coefficient (Wildman–Crippen LogP) is 0.826. The number of rotatable bonds is 4. The second-order valence-electron chi connectivity index (χ2n) is 2.59. The van der Waals surface area contributed by atoms with Gasteiger partial charge in [-0.1, -0.05) is 13.8 Å². The monoisotopic (exact) mass is 172 g/mol. The maximum absolute atomic E-state index is 11.1. The molecule has 1 N–H and O–H groups in total. The average molecular weight is 172 g/mol. The van der Waals surface area contributed by atoms with Gasteiger partial charge in [0, 0.05) is 5.92 Å². The Morgan fingerprint density at radius 2 is 1.92 bits per heavy atom.